The summed E-state index contributed by atoms with van der Waals surface area (Å²) in [5, 5.41) is 8.92. The summed E-state index contributed by atoms with van der Waals surface area (Å²) in [5.74, 6) is -0.459. The maximum absolute atomic E-state index is 12.4. The second kappa shape index (κ2) is 5.33. The van der Waals surface area contributed by atoms with Gasteiger partial charge in [-0.15, -0.1) is 0 Å². The fourth-order valence-corrected chi connectivity index (χ4v) is 2.06. The van der Waals surface area contributed by atoms with Crippen molar-refractivity contribution in [2.75, 3.05) is 0 Å². The van der Waals surface area contributed by atoms with Crippen molar-refractivity contribution >= 4 is 5.91 Å². The third-order valence-electron chi connectivity index (χ3n) is 3.02. The molecule has 0 aliphatic rings. The molecule has 0 N–H and O–H groups in total. The van der Waals surface area contributed by atoms with Crippen LogP contribution in [0.1, 0.15) is 28.3 Å². The first-order valence-corrected chi connectivity index (χ1v) is 5.83. The molecule has 0 aliphatic carbocycles. The first kappa shape index (κ1) is 12.1. The highest BCUT2D eigenvalue weighted by molar-refractivity contribution is 5.86. The van der Waals surface area contributed by atoms with Crippen molar-refractivity contribution in [1.82, 2.24) is 4.57 Å². The number of nitriles is 1. The van der Waals surface area contributed by atoms with Crippen LogP contribution >= 0.6 is 0 Å². The minimum atomic E-state index is -0.399. The van der Waals surface area contributed by atoms with Crippen LogP contribution in [0.3, 0.4) is 0 Å². The molecule has 0 saturated carbocycles. The fourth-order valence-electron chi connectivity index (χ4n) is 2.06. The molecule has 2 aromatic rings. The van der Waals surface area contributed by atoms with E-state index < -0.39 is 5.92 Å². The summed E-state index contributed by atoms with van der Waals surface area (Å²) in [6, 6.07) is 13.4. The van der Waals surface area contributed by atoms with Crippen LogP contribution in [-0.2, 0) is 0 Å². The van der Waals surface area contributed by atoms with E-state index in [1.54, 1.807) is 24.5 Å². The Morgan fingerprint density at radius 1 is 1.28 bits per heavy atom. The first-order valence-electron chi connectivity index (χ1n) is 5.83. The topological polar surface area (TPSA) is 45.8 Å². The standard InChI is InChI=1S/C15H14N2O/c1-12-6-2-3-7-13(12)14(8-9-16)15(18)17-10-4-5-11-17/h2-7,10-11,14H,8H2,1H3/t14-/m1/s1. The van der Waals surface area contributed by atoms with Crippen molar-refractivity contribution in [3.8, 4) is 6.07 Å². The number of aromatic nitrogens is 1. The Balaban J connectivity index is 2.38. The van der Waals surface area contributed by atoms with Gasteiger partial charge in [0, 0.05) is 12.4 Å². The van der Waals surface area contributed by atoms with Crippen LogP contribution in [0.4, 0.5) is 0 Å². The van der Waals surface area contributed by atoms with Gasteiger partial charge in [-0.2, -0.15) is 5.26 Å². The lowest BCUT2D eigenvalue weighted by molar-refractivity contribution is 0.0878. The highest BCUT2D eigenvalue weighted by Gasteiger charge is 2.22. The van der Waals surface area contributed by atoms with Crippen LogP contribution in [0.5, 0.6) is 0 Å². The van der Waals surface area contributed by atoms with E-state index in [2.05, 4.69) is 6.07 Å². The normalized spacial score (nSPS) is 11.8. The van der Waals surface area contributed by atoms with E-state index in [-0.39, 0.29) is 12.3 Å². The summed E-state index contributed by atoms with van der Waals surface area (Å²) in [7, 11) is 0. The largest absolute Gasteiger partial charge is 0.294 e. The summed E-state index contributed by atoms with van der Waals surface area (Å²) in [6.07, 6.45) is 3.62. The van der Waals surface area contributed by atoms with Crippen LogP contribution in [0.15, 0.2) is 48.8 Å². The predicted molar refractivity (Wildman–Crippen MR) is 69.2 cm³/mol. The molecule has 2 rings (SSSR count). The number of benzene rings is 1. The Labute approximate surface area is 106 Å². The first-order chi connectivity index (χ1) is 8.74. The molecule has 0 radical (unpaired) electrons. The minimum absolute atomic E-state index is 0.0594. The van der Waals surface area contributed by atoms with Crippen LogP contribution < -0.4 is 0 Å². The Morgan fingerprint density at radius 2 is 1.94 bits per heavy atom. The van der Waals surface area contributed by atoms with Crippen molar-refractivity contribution in [1.29, 1.82) is 5.26 Å². The number of nitrogens with zero attached hydrogens (tertiary/aromatic N) is 2. The Morgan fingerprint density at radius 3 is 2.56 bits per heavy atom. The van der Waals surface area contributed by atoms with Gasteiger partial charge in [0.1, 0.15) is 0 Å². The van der Waals surface area contributed by atoms with Gasteiger partial charge in [-0.05, 0) is 30.2 Å². The molecule has 90 valence electrons. The Kier molecular flexibility index (Phi) is 3.59. The zero-order valence-corrected chi connectivity index (χ0v) is 10.2. The molecule has 3 nitrogen and oxygen atoms in total. The second-order valence-corrected chi connectivity index (χ2v) is 4.20. The van der Waals surface area contributed by atoms with Gasteiger partial charge in [0.15, 0.2) is 0 Å². The monoisotopic (exact) mass is 238 g/mol. The molecule has 18 heavy (non-hydrogen) atoms. The summed E-state index contributed by atoms with van der Waals surface area (Å²) in [5.41, 5.74) is 1.97. The predicted octanol–water partition coefficient (Wildman–Crippen LogP) is 3.13. The van der Waals surface area contributed by atoms with Gasteiger partial charge in [-0.25, -0.2) is 0 Å². The van der Waals surface area contributed by atoms with E-state index in [0.717, 1.165) is 11.1 Å². The van der Waals surface area contributed by atoms with Gasteiger partial charge in [0.05, 0.1) is 18.4 Å². The van der Waals surface area contributed by atoms with Gasteiger partial charge in [-0.3, -0.25) is 9.36 Å². The molecule has 0 saturated heterocycles. The third-order valence-corrected chi connectivity index (χ3v) is 3.02. The number of hydrogen-bond acceptors (Lipinski definition) is 2. The molecule has 1 aromatic carbocycles. The molecule has 0 unspecified atom stereocenters. The molecular weight excluding hydrogens is 224 g/mol. The molecular formula is C15H14N2O. The Hall–Kier alpha value is -2.34. The van der Waals surface area contributed by atoms with Gasteiger partial charge >= 0.3 is 0 Å². The number of carbonyl (C=O) groups is 1. The number of carbonyl (C=O) groups excluding carboxylic acids is 1. The maximum atomic E-state index is 12.4. The molecule has 0 bridgehead atoms. The molecule has 1 aromatic heterocycles. The summed E-state index contributed by atoms with van der Waals surface area (Å²) < 4.78 is 1.54. The SMILES string of the molecule is Cc1ccccc1[C@@H](CC#N)C(=O)n1cccc1. The summed E-state index contributed by atoms with van der Waals surface area (Å²) in [6.45, 7) is 1.96. The van der Waals surface area contributed by atoms with Crippen molar-refractivity contribution in [3.63, 3.8) is 0 Å². The van der Waals surface area contributed by atoms with Crippen molar-refractivity contribution < 1.29 is 4.79 Å². The lowest BCUT2D eigenvalue weighted by Crippen LogP contribution is -2.19. The number of rotatable bonds is 3. The van der Waals surface area contributed by atoms with Crippen molar-refractivity contribution in [2.45, 2.75) is 19.3 Å². The van der Waals surface area contributed by atoms with E-state index in [9.17, 15) is 4.79 Å². The fraction of sp³-hybridized carbons (Fsp3) is 0.200. The minimum Gasteiger partial charge on any atom is -0.294 e. The van der Waals surface area contributed by atoms with E-state index >= 15 is 0 Å². The van der Waals surface area contributed by atoms with E-state index in [1.807, 2.05) is 31.2 Å². The van der Waals surface area contributed by atoms with Crippen LogP contribution in [0.2, 0.25) is 0 Å². The zero-order chi connectivity index (χ0) is 13.0. The number of aryl methyl sites for hydroxylation is 1. The highest BCUT2D eigenvalue weighted by atomic mass is 16.2. The second-order valence-electron chi connectivity index (χ2n) is 4.20. The molecule has 3 heteroatoms. The maximum Gasteiger partial charge on any atom is 0.239 e. The van der Waals surface area contributed by atoms with Crippen LogP contribution in [0, 0.1) is 18.3 Å². The van der Waals surface area contributed by atoms with Gasteiger partial charge in [-0.1, -0.05) is 24.3 Å². The lowest BCUT2D eigenvalue weighted by Gasteiger charge is -2.15. The van der Waals surface area contributed by atoms with Gasteiger partial charge in [0.25, 0.3) is 0 Å². The molecule has 0 spiro atoms. The highest BCUT2D eigenvalue weighted by Crippen LogP contribution is 2.24. The van der Waals surface area contributed by atoms with E-state index in [4.69, 9.17) is 5.26 Å². The molecule has 0 fully saturated rings. The quantitative estimate of drug-likeness (QED) is 0.824. The van der Waals surface area contributed by atoms with Gasteiger partial charge < -0.3 is 0 Å². The van der Waals surface area contributed by atoms with Crippen LogP contribution in [0.25, 0.3) is 0 Å². The van der Waals surface area contributed by atoms with E-state index in [0.29, 0.717) is 0 Å². The molecule has 1 heterocycles. The van der Waals surface area contributed by atoms with Crippen molar-refractivity contribution in [3.05, 3.63) is 59.9 Å². The number of hydrogen-bond donors (Lipinski definition) is 0. The van der Waals surface area contributed by atoms with Crippen molar-refractivity contribution in [2.24, 2.45) is 0 Å². The zero-order valence-electron chi connectivity index (χ0n) is 10.2. The summed E-state index contributed by atoms with van der Waals surface area (Å²) in [4.78, 5) is 12.4. The average molecular weight is 238 g/mol. The lowest BCUT2D eigenvalue weighted by atomic mass is 9.91. The Bertz CT molecular complexity index is 579. The molecule has 1 atom stereocenters. The summed E-state index contributed by atoms with van der Waals surface area (Å²) >= 11 is 0. The van der Waals surface area contributed by atoms with E-state index in [1.165, 1.54) is 4.57 Å². The third kappa shape index (κ3) is 2.33. The molecule has 0 amide bonds. The van der Waals surface area contributed by atoms with Crippen LogP contribution in [-0.4, -0.2) is 10.5 Å². The smallest absolute Gasteiger partial charge is 0.239 e. The molecule has 0 aliphatic heterocycles. The average Bonchev–Trinajstić information content (AvgIpc) is 2.90. The van der Waals surface area contributed by atoms with Gasteiger partial charge in [0.2, 0.25) is 5.91 Å².